The Bertz CT molecular complexity index is 437. The van der Waals surface area contributed by atoms with Gasteiger partial charge in [0.15, 0.2) is 5.78 Å². The van der Waals surface area contributed by atoms with Gasteiger partial charge in [-0.3, -0.25) is 4.79 Å². The summed E-state index contributed by atoms with van der Waals surface area (Å²) in [7, 11) is 0. The molecule has 0 atom stereocenters. The third-order valence-corrected chi connectivity index (χ3v) is 3.00. The van der Waals surface area contributed by atoms with Crippen molar-refractivity contribution in [2.75, 3.05) is 0 Å². The molecule has 0 fully saturated rings. The quantitative estimate of drug-likeness (QED) is 0.744. The predicted octanol–water partition coefficient (Wildman–Crippen LogP) is 3.88. The zero-order valence-corrected chi connectivity index (χ0v) is 9.68. The number of hydrogen-bond acceptors (Lipinski definition) is 1. The van der Waals surface area contributed by atoms with Crippen molar-refractivity contribution in [3.05, 3.63) is 45.7 Å². The SMILES string of the molecule is O=C(C1=CCCC1)c1ccc(Br)cc1F. The van der Waals surface area contributed by atoms with Gasteiger partial charge in [0.05, 0.1) is 5.56 Å². The van der Waals surface area contributed by atoms with Gasteiger partial charge in [-0.2, -0.15) is 0 Å². The van der Waals surface area contributed by atoms with E-state index in [0.29, 0.717) is 4.47 Å². The van der Waals surface area contributed by atoms with Gasteiger partial charge < -0.3 is 0 Å². The zero-order valence-electron chi connectivity index (χ0n) is 8.09. The molecule has 0 spiro atoms. The topological polar surface area (TPSA) is 17.1 Å². The van der Waals surface area contributed by atoms with E-state index >= 15 is 0 Å². The summed E-state index contributed by atoms with van der Waals surface area (Å²) in [6, 6.07) is 4.54. The average molecular weight is 269 g/mol. The number of ketones is 1. The molecule has 15 heavy (non-hydrogen) atoms. The molecule has 0 saturated heterocycles. The number of rotatable bonds is 2. The molecule has 0 unspecified atom stereocenters. The van der Waals surface area contributed by atoms with E-state index in [1.54, 1.807) is 6.07 Å². The van der Waals surface area contributed by atoms with Crippen molar-refractivity contribution in [1.29, 1.82) is 0 Å². The Hall–Kier alpha value is -0.960. The van der Waals surface area contributed by atoms with E-state index in [9.17, 15) is 9.18 Å². The molecule has 3 heteroatoms. The first-order chi connectivity index (χ1) is 7.18. The molecule has 0 N–H and O–H groups in total. The average Bonchev–Trinajstić information content (AvgIpc) is 2.69. The first-order valence-corrected chi connectivity index (χ1v) is 5.66. The lowest BCUT2D eigenvalue weighted by molar-refractivity contribution is 0.102. The maximum absolute atomic E-state index is 13.5. The third-order valence-electron chi connectivity index (χ3n) is 2.51. The van der Waals surface area contributed by atoms with Crippen LogP contribution in [0.5, 0.6) is 0 Å². The summed E-state index contributed by atoms with van der Waals surface area (Å²) in [5, 5.41) is 0. The van der Waals surface area contributed by atoms with Crippen LogP contribution in [-0.4, -0.2) is 5.78 Å². The largest absolute Gasteiger partial charge is 0.289 e. The summed E-state index contributed by atoms with van der Waals surface area (Å²) in [5.41, 5.74) is 0.919. The Balaban J connectivity index is 2.33. The van der Waals surface area contributed by atoms with Gasteiger partial charge in [0.25, 0.3) is 0 Å². The van der Waals surface area contributed by atoms with E-state index in [4.69, 9.17) is 0 Å². The fourth-order valence-corrected chi connectivity index (χ4v) is 2.06. The van der Waals surface area contributed by atoms with Gasteiger partial charge in [-0.1, -0.05) is 22.0 Å². The molecule has 1 aromatic rings. The van der Waals surface area contributed by atoms with Crippen LogP contribution in [0.2, 0.25) is 0 Å². The van der Waals surface area contributed by atoms with Gasteiger partial charge in [0.2, 0.25) is 0 Å². The molecule has 1 aromatic carbocycles. The lowest BCUT2D eigenvalue weighted by Crippen LogP contribution is -2.04. The molecule has 0 bridgehead atoms. The van der Waals surface area contributed by atoms with Crippen LogP contribution in [0.3, 0.4) is 0 Å². The summed E-state index contributed by atoms with van der Waals surface area (Å²) in [5.74, 6) is -0.625. The molecule has 1 aliphatic carbocycles. The van der Waals surface area contributed by atoms with E-state index in [0.717, 1.165) is 24.8 Å². The van der Waals surface area contributed by atoms with Crippen LogP contribution in [0, 0.1) is 5.82 Å². The maximum atomic E-state index is 13.5. The molecule has 78 valence electrons. The van der Waals surface area contributed by atoms with Gasteiger partial charge in [-0.05, 0) is 43.0 Å². The lowest BCUT2D eigenvalue weighted by atomic mass is 10.0. The van der Waals surface area contributed by atoms with Crippen molar-refractivity contribution in [2.45, 2.75) is 19.3 Å². The summed E-state index contributed by atoms with van der Waals surface area (Å²) in [4.78, 5) is 11.9. The highest BCUT2D eigenvalue weighted by Gasteiger charge is 2.18. The number of Topliss-reactive ketones (excluding diaryl/α,β-unsaturated/α-hetero) is 1. The summed E-state index contributed by atoms with van der Waals surface area (Å²) in [6.45, 7) is 0. The fraction of sp³-hybridized carbons (Fsp3) is 0.250. The molecule has 0 saturated carbocycles. The Morgan fingerprint density at radius 2 is 2.20 bits per heavy atom. The number of benzene rings is 1. The van der Waals surface area contributed by atoms with Gasteiger partial charge in [-0.25, -0.2) is 4.39 Å². The first-order valence-electron chi connectivity index (χ1n) is 4.87. The van der Waals surface area contributed by atoms with Crippen molar-refractivity contribution < 1.29 is 9.18 Å². The van der Waals surface area contributed by atoms with Gasteiger partial charge >= 0.3 is 0 Å². The molecular formula is C12H10BrFO. The molecule has 2 rings (SSSR count). The van der Waals surface area contributed by atoms with Gasteiger partial charge in [0, 0.05) is 4.47 Å². The highest BCUT2D eigenvalue weighted by Crippen LogP contribution is 2.24. The number of carbonyl (C=O) groups excluding carboxylic acids is 1. The minimum atomic E-state index is -0.456. The summed E-state index contributed by atoms with van der Waals surface area (Å²) < 4.78 is 14.1. The Morgan fingerprint density at radius 3 is 2.80 bits per heavy atom. The van der Waals surface area contributed by atoms with Crippen LogP contribution in [0.4, 0.5) is 4.39 Å². The minimum Gasteiger partial charge on any atom is -0.289 e. The summed E-state index contributed by atoms with van der Waals surface area (Å²) >= 11 is 3.16. The Morgan fingerprint density at radius 1 is 1.40 bits per heavy atom. The van der Waals surface area contributed by atoms with Gasteiger partial charge in [0.1, 0.15) is 5.82 Å². The maximum Gasteiger partial charge on any atom is 0.191 e. The molecule has 1 nitrogen and oxygen atoms in total. The lowest BCUT2D eigenvalue weighted by Gasteiger charge is -2.03. The van der Waals surface area contributed by atoms with Crippen LogP contribution in [0.25, 0.3) is 0 Å². The molecule has 0 heterocycles. The van der Waals surface area contributed by atoms with E-state index in [-0.39, 0.29) is 11.3 Å². The van der Waals surface area contributed by atoms with Crippen LogP contribution >= 0.6 is 15.9 Å². The second-order valence-corrected chi connectivity index (χ2v) is 4.49. The van der Waals surface area contributed by atoms with Crippen LogP contribution in [0.1, 0.15) is 29.6 Å². The molecule has 0 amide bonds. The molecular weight excluding hydrogens is 259 g/mol. The molecule has 0 aliphatic heterocycles. The van der Waals surface area contributed by atoms with Gasteiger partial charge in [-0.15, -0.1) is 0 Å². The number of halogens is 2. The van der Waals surface area contributed by atoms with Crippen LogP contribution < -0.4 is 0 Å². The fourth-order valence-electron chi connectivity index (χ4n) is 1.72. The third kappa shape index (κ3) is 2.17. The Kier molecular flexibility index (Phi) is 3.00. The van der Waals surface area contributed by atoms with Crippen molar-refractivity contribution in [2.24, 2.45) is 0 Å². The van der Waals surface area contributed by atoms with Crippen LogP contribution in [0.15, 0.2) is 34.3 Å². The van der Waals surface area contributed by atoms with Crippen LogP contribution in [-0.2, 0) is 0 Å². The molecule has 0 radical (unpaired) electrons. The smallest absolute Gasteiger partial charge is 0.191 e. The van der Waals surface area contributed by atoms with E-state index in [1.807, 2.05) is 6.08 Å². The number of allylic oxidation sites excluding steroid dienone is 2. The van der Waals surface area contributed by atoms with Crippen molar-refractivity contribution in [3.8, 4) is 0 Å². The van der Waals surface area contributed by atoms with E-state index in [2.05, 4.69) is 15.9 Å². The second kappa shape index (κ2) is 4.27. The zero-order chi connectivity index (χ0) is 10.8. The highest BCUT2D eigenvalue weighted by molar-refractivity contribution is 9.10. The normalized spacial score (nSPS) is 15.2. The minimum absolute atomic E-state index is 0.169. The monoisotopic (exact) mass is 268 g/mol. The second-order valence-electron chi connectivity index (χ2n) is 3.57. The van der Waals surface area contributed by atoms with E-state index in [1.165, 1.54) is 12.1 Å². The van der Waals surface area contributed by atoms with Crippen molar-refractivity contribution in [3.63, 3.8) is 0 Å². The summed E-state index contributed by atoms with van der Waals surface area (Å²) in [6.07, 6.45) is 4.61. The molecule has 0 aromatic heterocycles. The highest BCUT2D eigenvalue weighted by atomic mass is 79.9. The Labute approximate surface area is 96.1 Å². The van der Waals surface area contributed by atoms with Crippen molar-refractivity contribution >= 4 is 21.7 Å². The number of carbonyl (C=O) groups is 1. The van der Waals surface area contributed by atoms with E-state index < -0.39 is 5.82 Å². The molecule has 1 aliphatic rings. The predicted molar refractivity (Wildman–Crippen MR) is 60.4 cm³/mol. The number of hydrogen-bond donors (Lipinski definition) is 0. The standard InChI is InChI=1S/C12H10BrFO/c13-9-5-6-10(11(14)7-9)12(15)8-3-1-2-4-8/h3,5-7H,1-2,4H2. The van der Waals surface area contributed by atoms with Crippen molar-refractivity contribution in [1.82, 2.24) is 0 Å². The first kappa shape index (κ1) is 10.6.